The second-order valence-corrected chi connectivity index (χ2v) is 7.57. The molecule has 4 heteroatoms. The fraction of sp³-hybridized carbons (Fsp3) is 0.800. The Balaban J connectivity index is 2.52. The zero-order valence-corrected chi connectivity index (χ0v) is 12.2. The fourth-order valence-electron chi connectivity index (χ4n) is 1.40. The van der Waals surface area contributed by atoms with Gasteiger partial charge in [0.2, 0.25) is 0 Å². The number of unbranched alkanes of at least 4 members (excludes halogenated alkanes) is 1. The van der Waals surface area contributed by atoms with E-state index in [9.17, 15) is 0 Å². The minimum atomic E-state index is 0.462. The highest BCUT2D eigenvalue weighted by molar-refractivity contribution is 8.21. The van der Waals surface area contributed by atoms with Crippen LogP contribution in [0.2, 0.25) is 0 Å². The lowest BCUT2D eigenvalue weighted by Crippen LogP contribution is -2.21. The van der Waals surface area contributed by atoms with Gasteiger partial charge in [0.05, 0.1) is 8.47 Å². The predicted molar refractivity (Wildman–Crippen MR) is 77.5 cm³/mol. The molecule has 0 amide bonds. The molecule has 1 aliphatic rings. The summed E-state index contributed by atoms with van der Waals surface area (Å²) in [7, 11) is 0. The smallest absolute Gasteiger partial charge is 0.0569 e. The molecule has 0 aliphatic carbocycles. The molecular formula is C10H18S4. The molecule has 0 spiro atoms. The van der Waals surface area contributed by atoms with Gasteiger partial charge in [-0.25, -0.2) is 0 Å². The first-order valence-electron chi connectivity index (χ1n) is 4.95. The molecule has 0 aromatic heterocycles. The van der Waals surface area contributed by atoms with Crippen LogP contribution in [0, 0.1) is 5.41 Å². The van der Waals surface area contributed by atoms with Crippen LogP contribution in [0.3, 0.4) is 0 Å². The van der Waals surface area contributed by atoms with Gasteiger partial charge >= 0.3 is 0 Å². The number of thiol groups is 2. The third-order valence-corrected chi connectivity index (χ3v) is 6.90. The number of hydrogen-bond donors (Lipinski definition) is 2. The van der Waals surface area contributed by atoms with Gasteiger partial charge in [-0.05, 0) is 11.8 Å². The van der Waals surface area contributed by atoms with Gasteiger partial charge in [0, 0.05) is 11.5 Å². The van der Waals surface area contributed by atoms with Crippen LogP contribution in [0.25, 0.3) is 0 Å². The topological polar surface area (TPSA) is 0 Å². The molecule has 0 aromatic rings. The van der Waals surface area contributed by atoms with Crippen molar-refractivity contribution in [1.82, 2.24) is 0 Å². The monoisotopic (exact) mass is 266 g/mol. The molecule has 0 bridgehead atoms. The van der Waals surface area contributed by atoms with Crippen LogP contribution < -0.4 is 0 Å². The molecule has 82 valence electrons. The zero-order valence-electron chi connectivity index (χ0n) is 8.75. The van der Waals surface area contributed by atoms with E-state index in [0.29, 0.717) is 5.41 Å². The van der Waals surface area contributed by atoms with Crippen molar-refractivity contribution in [3.8, 4) is 0 Å². The Hall–Kier alpha value is 1.14. The second-order valence-electron chi connectivity index (χ2n) is 4.10. The summed E-state index contributed by atoms with van der Waals surface area (Å²) in [6, 6.07) is 0. The Morgan fingerprint density at radius 1 is 1.21 bits per heavy atom. The predicted octanol–water partition coefficient (Wildman–Crippen LogP) is 4.65. The third-order valence-electron chi connectivity index (χ3n) is 2.43. The van der Waals surface area contributed by atoms with Gasteiger partial charge in [0.15, 0.2) is 0 Å². The maximum absolute atomic E-state index is 4.44. The number of rotatable bonds is 3. The van der Waals surface area contributed by atoms with Crippen molar-refractivity contribution in [2.45, 2.75) is 33.1 Å². The largest absolute Gasteiger partial charge is 0.135 e. The number of hydrogen-bond acceptors (Lipinski definition) is 4. The lowest BCUT2D eigenvalue weighted by Gasteiger charge is -2.26. The van der Waals surface area contributed by atoms with Gasteiger partial charge in [-0.15, -0.1) is 48.8 Å². The van der Waals surface area contributed by atoms with Crippen LogP contribution >= 0.6 is 48.8 Å². The maximum Gasteiger partial charge on any atom is 0.0569 e. The van der Waals surface area contributed by atoms with E-state index in [1.54, 1.807) is 0 Å². The van der Waals surface area contributed by atoms with Gasteiger partial charge in [0.25, 0.3) is 0 Å². The van der Waals surface area contributed by atoms with Gasteiger partial charge in [-0.1, -0.05) is 26.7 Å². The van der Waals surface area contributed by atoms with E-state index >= 15 is 0 Å². The quantitative estimate of drug-likeness (QED) is 0.714. The summed E-state index contributed by atoms with van der Waals surface area (Å²) in [6.45, 7) is 4.64. The van der Waals surface area contributed by atoms with Crippen LogP contribution in [0.5, 0.6) is 0 Å². The Kier molecular flexibility index (Phi) is 5.68. The summed E-state index contributed by atoms with van der Waals surface area (Å²) in [5.41, 5.74) is 0.462. The summed E-state index contributed by atoms with van der Waals surface area (Å²) in [6.07, 6.45) is 3.95. The Morgan fingerprint density at radius 2 is 1.71 bits per heavy atom. The minimum absolute atomic E-state index is 0.462. The highest BCUT2D eigenvalue weighted by atomic mass is 32.2. The average Bonchev–Trinajstić information content (AvgIpc) is 2.30. The van der Waals surface area contributed by atoms with E-state index in [2.05, 4.69) is 39.1 Å². The molecule has 1 heterocycles. The highest BCUT2D eigenvalue weighted by Gasteiger charge is 2.27. The van der Waals surface area contributed by atoms with E-state index in [1.165, 1.54) is 30.8 Å². The van der Waals surface area contributed by atoms with Crippen molar-refractivity contribution in [2.24, 2.45) is 5.41 Å². The van der Waals surface area contributed by atoms with Gasteiger partial charge in [0.1, 0.15) is 0 Å². The summed E-state index contributed by atoms with van der Waals surface area (Å²) in [5, 5.41) is 0. The van der Waals surface area contributed by atoms with Crippen molar-refractivity contribution in [1.29, 1.82) is 0 Å². The third kappa shape index (κ3) is 3.95. The molecule has 0 nitrogen and oxygen atoms in total. The first kappa shape index (κ1) is 13.2. The Labute approximate surface area is 107 Å². The second kappa shape index (κ2) is 6.02. The summed E-state index contributed by atoms with van der Waals surface area (Å²) >= 11 is 12.6. The first-order valence-corrected chi connectivity index (χ1v) is 7.82. The molecular weight excluding hydrogens is 248 g/mol. The van der Waals surface area contributed by atoms with Gasteiger partial charge < -0.3 is 0 Å². The number of thioether (sulfide) groups is 2. The standard InChI is InChI=1S/C10H18S4/c1-3-4-5-10(2)6-13-8(11)9(12)14-7-10/h11-12H,3-7H2,1-2H3. The van der Waals surface area contributed by atoms with E-state index in [0.717, 1.165) is 8.47 Å². The lowest BCUT2D eigenvalue weighted by atomic mass is 9.89. The van der Waals surface area contributed by atoms with Gasteiger partial charge in [-0.2, -0.15) is 0 Å². The Morgan fingerprint density at radius 3 is 2.14 bits per heavy atom. The molecule has 1 rings (SSSR count). The van der Waals surface area contributed by atoms with Crippen molar-refractivity contribution in [3.05, 3.63) is 8.47 Å². The fourth-order valence-corrected chi connectivity index (χ4v) is 4.37. The van der Waals surface area contributed by atoms with Crippen LogP contribution in [0.4, 0.5) is 0 Å². The van der Waals surface area contributed by atoms with Crippen molar-refractivity contribution >= 4 is 48.8 Å². The summed E-state index contributed by atoms with van der Waals surface area (Å²) in [5.74, 6) is 2.37. The normalized spacial score (nSPS) is 22.3. The van der Waals surface area contributed by atoms with E-state index < -0.39 is 0 Å². The van der Waals surface area contributed by atoms with E-state index in [-0.39, 0.29) is 0 Å². The molecule has 0 atom stereocenters. The lowest BCUT2D eigenvalue weighted by molar-refractivity contribution is 0.382. The highest BCUT2D eigenvalue weighted by Crippen LogP contribution is 2.45. The molecule has 0 radical (unpaired) electrons. The summed E-state index contributed by atoms with van der Waals surface area (Å²) in [4.78, 5) is 0. The van der Waals surface area contributed by atoms with Crippen molar-refractivity contribution in [2.75, 3.05) is 11.5 Å². The minimum Gasteiger partial charge on any atom is -0.135 e. The van der Waals surface area contributed by atoms with Crippen molar-refractivity contribution in [3.63, 3.8) is 0 Å². The zero-order chi connectivity index (χ0) is 10.6. The van der Waals surface area contributed by atoms with Crippen LogP contribution in [-0.4, -0.2) is 11.5 Å². The van der Waals surface area contributed by atoms with E-state index in [1.807, 2.05) is 23.5 Å². The molecule has 0 fully saturated rings. The molecule has 14 heavy (non-hydrogen) atoms. The van der Waals surface area contributed by atoms with E-state index in [4.69, 9.17) is 0 Å². The van der Waals surface area contributed by atoms with Gasteiger partial charge in [-0.3, -0.25) is 0 Å². The van der Waals surface area contributed by atoms with Crippen LogP contribution in [0.15, 0.2) is 8.47 Å². The first-order chi connectivity index (χ1) is 6.57. The van der Waals surface area contributed by atoms with Crippen LogP contribution in [-0.2, 0) is 0 Å². The molecule has 1 aliphatic heterocycles. The van der Waals surface area contributed by atoms with Crippen LogP contribution in [0.1, 0.15) is 33.1 Å². The molecule has 0 unspecified atom stereocenters. The summed E-state index contributed by atoms with van der Waals surface area (Å²) < 4.78 is 2.19. The van der Waals surface area contributed by atoms with Crippen molar-refractivity contribution < 1.29 is 0 Å². The average molecular weight is 267 g/mol. The molecule has 0 N–H and O–H groups in total. The maximum atomic E-state index is 4.44. The molecule has 0 saturated carbocycles. The SMILES string of the molecule is CCCCC1(C)CSC(S)=C(S)SC1. The Bertz CT molecular complexity index is 206. The molecule has 0 saturated heterocycles. The molecule has 0 aromatic carbocycles.